The molecule has 3 heteroatoms. The molecular formula is C17H19NO2. The summed E-state index contributed by atoms with van der Waals surface area (Å²) in [6.45, 7) is 2.15. The predicted molar refractivity (Wildman–Crippen MR) is 78.3 cm³/mol. The van der Waals surface area contributed by atoms with Gasteiger partial charge in [-0.05, 0) is 25.6 Å². The molecule has 0 bridgehead atoms. The molecule has 0 saturated carbocycles. The van der Waals surface area contributed by atoms with Gasteiger partial charge in [-0.15, -0.1) is 0 Å². The third kappa shape index (κ3) is 2.19. The third-order valence-corrected chi connectivity index (χ3v) is 4.06. The van der Waals surface area contributed by atoms with Crippen LogP contribution in [0.1, 0.15) is 30.4 Å². The summed E-state index contributed by atoms with van der Waals surface area (Å²) in [7, 11) is 2.03. The molecule has 0 spiro atoms. The van der Waals surface area contributed by atoms with Crippen LogP contribution in [0, 0.1) is 0 Å². The summed E-state index contributed by atoms with van der Waals surface area (Å²) in [6.07, 6.45) is -0.192. The van der Waals surface area contributed by atoms with Gasteiger partial charge in [-0.25, -0.2) is 0 Å². The Hall–Kier alpha value is -1.84. The Labute approximate surface area is 119 Å². The molecule has 0 unspecified atom stereocenters. The fourth-order valence-electron chi connectivity index (χ4n) is 2.76. The first kappa shape index (κ1) is 13.2. The van der Waals surface area contributed by atoms with Crippen LogP contribution in [0.4, 0.5) is 0 Å². The second-order valence-electron chi connectivity index (χ2n) is 5.28. The fraction of sp³-hybridized carbons (Fsp3) is 0.294. The molecule has 104 valence electrons. The van der Waals surface area contributed by atoms with Crippen molar-refractivity contribution in [1.82, 2.24) is 4.90 Å². The summed E-state index contributed by atoms with van der Waals surface area (Å²) in [5.74, 6) is 0.283. The van der Waals surface area contributed by atoms with E-state index in [1.165, 1.54) is 5.56 Å². The summed E-state index contributed by atoms with van der Waals surface area (Å²) < 4.78 is 6.20. The lowest BCUT2D eigenvalue weighted by Crippen LogP contribution is -2.27. The van der Waals surface area contributed by atoms with Gasteiger partial charge in [0.2, 0.25) is 0 Å². The Bertz CT molecular complexity index is 585. The normalized spacial score (nSPS) is 26.8. The fourth-order valence-corrected chi connectivity index (χ4v) is 2.76. The van der Waals surface area contributed by atoms with E-state index in [-0.39, 0.29) is 24.1 Å². The molecule has 0 radical (unpaired) electrons. The molecular weight excluding hydrogens is 250 g/mol. The van der Waals surface area contributed by atoms with E-state index in [0.717, 1.165) is 5.56 Å². The maximum atomic E-state index is 10.0. The number of aromatic hydroxyl groups is 1. The summed E-state index contributed by atoms with van der Waals surface area (Å²) >= 11 is 0. The number of phenols is 1. The van der Waals surface area contributed by atoms with Gasteiger partial charge in [-0.1, -0.05) is 48.5 Å². The maximum Gasteiger partial charge on any atom is 0.141 e. The van der Waals surface area contributed by atoms with E-state index in [4.69, 9.17) is 4.74 Å². The molecule has 2 aromatic carbocycles. The lowest BCUT2D eigenvalue weighted by molar-refractivity contribution is 0.00418. The summed E-state index contributed by atoms with van der Waals surface area (Å²) in [6, 6.07) is 17.8. The second kappa shape index (κ2) is 5.27. The number of hydrogen-bond donors (Lipinski definition) is 1. The molecule has 3 rings (SSSR count). The van der Waals surface area contributed by atoms with Crippen molar-refractivity contribution in [2.75, 3.05) is 7.05 Å². The molecule has 3 atom stereocenters. The minimum atomic E-state index is -0.212. The Morgan fingerprint density at radius 3 is 2.35 bits per heavy atom. The van der Waals surface area contributed by atoms with Crippen LogP contribution in [-0.2, 0) is 4.74 Å². The number of nitrogens with zero attached hydrogens (tertiary/aromatic N) is 1. The molecule has 2 aromatic rings. The topological polar surface area (TPSA) is 32.7 Å². The molecule has 1 aliphatic heterocycles. The third-order valence-electron chi connectivity index (χ3n) is 4.06. The first-order valence-electron chi connectivity index (χ1n) is 6.88. The number of likely N-dealkylation sites (N-methyl/N-ethyl adjacent to an activating group) is 1. The minimum Gasteiger partial charge on any atom is -0.508 e. The zero-order chi connectivity index (χ0) is 14.1. The van der Waals surface area contributed by atoms with Gasteiger partial charge in [-0.2, -0.15) is 0 Å². The van der Waals surface area contributed by atoms with E-state index < -0.39 is 0 Å². The maximum absolute atomic E-state index is 10.0. The predicted octanol–water partition coefficient (Wildman–Crippen LogP) is 3.48. The van der Waals surface area contributed by atoms with Crippen molar-refractivity contribution in [3.8, 4) is 5.75 Å². The van der Waals surface area contributed by atoms with E-state index in [9.17, 15) is 5.11 Å². The Morgan fingerprint density at radius 2 is 1.65 bits per heavy atom. The molecule has 0 amide bonds. The number of rotatable bonds is 2. The molecule has 1 aliphatic rings. The highest BCUT2D eigenvalue weighted by atomic mass is 16.5. The number of hydrogen-bond acceptors (Lipinski definition) is 3. The van der Waals surface area contributed by atoms with Crippen LogP contribution >= 0.6 is 0 Å². The Kier molecular flexibility index (Phi) is 3.47. The van der Waals surface area contributed by atoms with Crippen LogP contribution in [-0.4, -0.2) is 23.1 Å². The zero-order valence-corrected chi connectivity index (χ0v) is 11.7. The molecule has 3 nitrogen and oxygen atoms in total. The first-order valence-corrected chi connectivity index (χ1v) is 6.88. The number of ether oxygens (including phenoxy) is 1. The molecule has 0 aliphatic carbocycles. The van der Waals surface area contributed by atoms with E-state index in [1.807, 2.05) is 43.4 Å². The summed E-state index contributed by atoms with van der Waals surface area (Å²) in [5.41, 5.74) is 1.99. The van der Waals surface area contributed by atoms with E-state index in [1.54, 1.807) is 6.07 Å². The number of phenolic OH excluding ortho intramolecular Hbond substituents is 1. The van der Waals surface area contributed by atoms with E-state index in [2.05, 4.69) is 24.0 Å². The van der Waals surface area contributed by atoms with E-state index >= 15 is 0 Å². The van der Waals surface area contributed by atoms with Gasteiger partial charge in [0.1, 0.15) is 18.1 Å². The largest absolute Gasteiger partial charge is 0.508 e. The highest BCUT2D eigenvalue weighted by Crippen LogP contribution is 2.43. The standard InChI is InChI=1S/C17H19NO2/c1-12-16(13-8-4-3-5-9-13)20-17(18(12)2)14-10-6-7-11-15(14)19/h3-12,16-17,19H,1-2H3/t12-,16+,17+/m1/s1. The highest BCUT2D eigenvalue weighted by Gasteiger charge is 2.39. The van der Waals surface area contributed by atoms with Gasteiger partial charge in [0, 0.05) is 11.6 Å². The van der Waals surface area contributed by atoms with Crippen LogP contribution in [0.25, 0.3) is 0 Å². The molecule has 1 N–H and O–H groups in total. The number of para-hydroxylation sites is 1. The monoisotopic (exact) mass is 269 g/mol. The smallest absolute Gasteiger partial charge is 0.141 e. The minimum absolute atomic E-state index is 0.0193. The van der Waals surface area contributed by atoms with Crippen LogP contribution in [0.3, 0.4) is 0 Å². The Balaban J connectivity index is 1.91. The molecule has 0 aromatic heterocycles. The lowest BCUT2D eigenvalue weighted by Gasteiger charge is -2.21. The van der Waals surface area contributed by atoms with Crippen molar-refractivity contribution in [2.24, 2.45) is 0 Å². The van der Waals surface area contributed by atoms with Crippen molar-refractivity contribution in [3.63, 3.8) is 0 Å². The van der Waals surface area contributed by atoms with Crippen molar-refractivity contribution in [3.05, 3.63) is 65.7 Å². The lowest BCUT2D eigenvalue weighted by atomic mass is 10.0. The first-order chi connectivity index (χ1) is 9.68. The van der Waals surface area contributed by atoms with Crippen LogP contribution in [0.2, 0.25) is 0 Å². The van der Waals surface area contributed by atoms with Crippen LogP contribution in [0.5, 0.6) is 5.75 Å². The van der Waals surface area contributed by atoms with Crippen LogP contribution < -0.4 is 0 Å². The van der Waals surface area contributed by atoms with Crippen molar-refractivity contribution in [1.29, 1.82) is 0 Å². The van der Waals surface area contributed by atoms with E-state index in [0.29, 0.717) is 0 Å². The van der Waals surface area contributed by atoms with Gasteiger partial charge in [-0.3, -0.25) is 4.90 Å². The second-order valence-corrected chi connectivity index (χ2v) is 5.28. The van der Waals surface area contributed by atoms with Gasteiger partial charge >= 0.3 is 0 Å². The van der Waals surface area contributed by atoms with Crippen molar-refractivity contribution < 1.29 is 9.84 Å². The zero-order valence-electron chi connectivity index (χ0n) is 11.7. The van der Waals surface area contributed by atoms with Gasteiger partial charge in [0.15, 0.2) is 0 Å². The molecule has 1 saturated heterocycles. The average Bonchev–Trinajstić information content (AvgIpc) is 2.77. The summed E-state index contributed by atoms with van der Waals surface area (Å²) in [5, 5.41) is 10.0. The average molecular weight is 269 g/mol. The Morgan fingerprint density at radius 1 is 1.00 bits per heavy atom. The molecule has 20 heavy (non-hydrogen) atoms. The summed E-state index contributed by atoms with van der Waals surface area (Å²) in [4.78, 5) is 2.16. The van der Waals surface area contributed by atoms with Crippen molar-refractivity contribution in [2.45, 2.75) is 25.3 Å². The van der Waals surface area contributed by atoms with Gasteiger partial charge < -0.3 is 9.84 Å². The quantitative estimate of drug-likeness (QED) is 0.906. The van der Waals surface area contributed by atoms with Gasteiger partial charge in [0.25, 0.3) is 0 Å². The highest BCUT2D eigenvalue weighted by molar-refractivity contribution is 5.34. The molecule has 1 fully saturated rings. The molecule has 1 heterocycles. The number of benzene rings is 2. The van der Waals surface area contributed by atoms with Crippen LogP contribution in [0.15, 0.2) is 54.6 Å². The van der Waals surface area contributed by atoms with Gasteiger partial charge in [0.05, 0.1) is 0 Å². The SMILES string of the molecule is C[C@@H]1[C@@H](c2ccccc2)O[C@@H](c2ccccc2O)N1C. The van der Waals surface area contributed by atoms with Crippen molar-refractivity contribution >= 4 is 0 Å².